The Kier molecular flexibility index (Phi) is 5.35. The lowest BCUT2D eigenvalue weighted by Crippen LogP contribution is -2.39. The number of hydrogen-bond donors (Lipinski definition) is 2. The molecule has 0 saturated carbocycles. The van der Waals surface area contributed by atoms with Gasteiger partial charge < -0.3 is 15.8 Å². The van der Waals surface area contributed by atoms with Crippen molar-refractivity contribution in [3.8, 4) is 11.6 Å². The first-order valence-corrected chi connectivity index (χ1v) is 7.29. The van der Waals surface area contributed by atoms with Gasteiger partial charge in [0.1, 0.15) is 5.75 Å². The summed E-state index contributed by atoms with van der Waals surface area (Å²) in [6, 6.07) is 9.80. The Bertz CT molecular complexity index is 627. The molecule has 116 valence electrons. The van der Waals surface area contributed by atoms with Crippen LogP contribution in [0.1, 0.15) is 13.8 Å². The fourth-order valence-electron chi connectivity index (χ4n) is 1.67. The second-order valence-corrected chi connectivity index (χ2v) is 5.64. The second kappa shape index (κ2) is 7.24. The van der Waals surface area contributed by atoms with Gasteiger partial charge in [-0.25, -0.2) is 4.98 Å². The molecular weight excluding hydrogens is 302 g/mol. The van der Waals surface area contributed by atoms with E-state index >= 15 is 0 Å². The molecule has 0 fully saturated rings. The maximum absolute atomic E-state index is 11.9. The topological polar surface area (TPSA) is 77.2 Å². The van der Waals surface area contributed by atoms with Gasteiger partial charge in [0.05, 0.1) is 17.9 Å². The van der Waals surface area contributed by atoms with Crippen molar-refractivity contribution in [3.63, 3.8) is 0 Å². The highest BCUT2D eigenvalue weighted by Gasteiger charge is 2.17. The van der Waals surface area contributed by atoms with E-state index in [-0.39, 0.29) is 11.8 Å². The average molecular weight is 320 g/mol. The minimum atomic E-state index is -0.551. The summed E-state index contributed by atoms with van der Waals surface area (Å²) in [5.74, 6) is 0.896. The van der Waals surface area contributed by atoms with Crippen LogP contribution in [0.2, 0.25) is 5.02 Å². The number of pyridine rings is 1. The molecule has 3 N–H and O–H groups in total. The van der Waals surface area contributed by atoms with Crippen LogP contribution in [0.5, 0.6) is 11.6 Å². The van der Waals surface area contributed by atoms with Crippen molar-refractivity contribution in [2.24, 2.45) is 11.7 Å². The van der Waals surface area contributed by atoms with Gasteiger partial charge in [-0.05, 0) is 36.2 Å². The van der Waals surface area contributed by atoms with Crippen LogP contribution < -0.4 is 15.8 Å². The molecule has 1 atom stereocenters. The molecule has 1 amide bonds. The summed E-state index contributed by atoms with van der Waals surface area (Å²) in [6.45, 7) is 3.79. The summed E-state index contributed by atoms with van der Waals surface area (Å²) in [6.07, 6.45) is 1.52. The molecule has 2 aromatic rings. The van der Waals surface area contributed by atoms with E-state index in [1.807, 2.05) is 13.8 Å². The molecular formula is C16H18ClN3O2. The number of carbonyl (C=O) groups excluding carboxylic acids is 1. The zero-order valence-corrected chi connectivity index (χ0v) is 13.2. The van der Waals surface area contributed by atoms with Crippen molar-refractivity contribution >= 4 is 23.2 Å². The van der Waals surface area contributed by atoms with Crippen molar-refractivity contribution in [3.05, 3.63) is 47.6 Å². The molecule has 1 aromatic carbocycles. The summed E-state index contributed by atoms with van der Waals surface area (Å²) in [7, 11) is 0. The third-order valence-electron chi connectivity index (χ3n) is 3.06. The number of carbonyl (C=O) groups is 1. The van der Waals surface area contributed by atoms with Crippen LogP contribution in [0, 0.1) is 5.92 Å². The summed E-state index contributed by atoms with van der Waals surface area (Å²) in [4.78, 5) is 16.0. The minimum Gasteiger partial charge on any atom is -0.439 e. The number of nitrogens with zero attached hydrogens (tertiary/aromatic N) is 1. The monoisotopic (exact) mass is 319 g/mol. The lowest BCUT2D eigenvalue weighted by molar-refractivity contribution is -0.118. The Balaban J connectivity index is 1.98. The summed E-state index contributed by atoms with van der Waals surface area (Å²) < 4.78 is 5.57. The van der Waals surface area contributed by atoms with E-state index in [9.17, 15) is 4.79 Å². The molecule has 0 aliphatic carbocycles. The van der Waals surface area contributed by atoms with Crippen LogP contribution in [-0.4, -0.2) is 16.9 Å². The Morgan fingerprint density at radius 2 is 1.91 bits per heavy atom. The molecule has 0 saturated heterocycles. The van der Waals surface area contributed by atoms with Gasteiger partial charge in [0.15, 0.2) is 0 Å². The smallest absolute Gasteiger partial charge is 0.241 e. The van der Waals surface area contributed by atoms with Crippen molar-refractivity contribution < 1.29 is 9.53 Å². The van der Waals surface area contributed by atoms with E-state index in [2.05, 4.69) is 10.3 Å². The van der Waals surface area contributed by atoms with E-state index in [0.29, 0.717) is 22.3 Å². The second-order valence-electron chi connectivity index (χ2n) is 5.20. The van der Waals surface area contributed by atoms with Gasteiger partial charge in [-0.2, -0.15) is 0 Å². The van der Waals surface area contributed by atoms with E-state index in [0.717, 1.165) is 0 Å². The van der Waals surface area contributed by atoms with Gasteiger partial charge in [0.25, 0.3) is 0 Å². The molecule has 1 heterocycles. The number of nitrogens with one attached hydrogen (secondary N) is 1. The molecule has 0 unspecified atom stereocenters. The van der Waals surface area contributed by atoms with Gasteiger partial charge in [-0.15, -0.1) is 0 Å². The summed E-state index contributed by atoms with van der Waals surface area (Å²) in [5, 5.41) is 3.36. The molecule has 0 spiro atoms. The predicted octanol–water partition coefficient (Wildman–Crippen LogP) is 3.45. The first kappa shape index (κ1) is 16.3. The summed E-state index contributed by atoms with van der Waals surface area (Å²) in [5.41, 5.74) is 6.36. The number of amides is 1. The van der Waals surface area contributed by atoms with Crippen LogP contribution in [0.4, 0.5) is 5.69 Å². The molecule has 6 heteroatoms. The highest BCUT2D eigenvalue weighted by molar-refractivity contribution is 6.30. The van der Waals surface area contributed by atoms with E-state index in [1.165, 1.54) is 6.20 Å². The van der Waals surface area contributed by atoms with Crippen LogP contribution in [0.15, 0.2) is 42.6 Å². The van der Waals surface area contributed by atoms with Gasteiger partial charge in [-0.3, -0.25) is 4.79 Å². The third kappa shape index (κ3) is 4.44. The zero-order valence-electron chi connectivity index (χ0n) is 12.4. The predicted molar refractivity (Wildman–Crippen MR) is 87.2 cm³/mol. The van der Waals surface area contributed by atoms with Crippen molar-refractivity contribution in [1.82, 2.24) is 4.98 Å². The highest BCUT2D eigenvalue weighted by atomic mass is 35.5. The first-order chi connectivity index (χ1) is 10.5. The summed E-state index contributed by atoms with van der Waals surface area (Å²) >= 11 is 5.81. The lowest BCUT2D eigenvalue weighted by Gasteiger charge is -2.15. The Labute approximate surface area is 134 Å². The minimum absolute atomic E-state index is 0.0699. The number of aromatic nitrogens is 1. The van der Waals surface area contributed by atoms with Crippen LogP contribution in [0.3, 0.4) is 0 Å². The normalized spacial score (nSPS) is 12.0. The molecule has 0 radical (unpaired) electrons. The number of ether oxygens (including phenoxy) is 1. The van der Waals surface area contributed by atoms with E-state index in [1.54, 1.807) is 36.4 Å². The van der Waals surface area contributed by atoms with Crippen LogP contribution in [-0.2, 0) is 4.79 Å². The van der Waals surface area contributed by atoms with E-state index < -0.39 is 6.04 Å². The van der Waals surface area contributed by atoms with Gasteiger partial charge >= 0.3 is 0 Å². The van der Waals surface area contributed by atoms with Gasteiger partial charge in [0.2, 0.25) is 11.8 Å². The first-order valence-electron chi connectivity index (χ1n) is 6.91. The van der Waals surface area contributed by atoms with Gasteiger partial charge in [0, 0.05) is 11.1 Å². The van der Waals surface area contributed by atoms with Crippen molar-refractivity contribution in [2.75, 3.05) is 5.32 Å². The molecule has 22 heavy (non-hydrogen) atoms. The van der Waals surface area contributed by atoms with E-state index in [4.69, 9.17) is 22.1 Å². The highest BCUT2D eigenvalue weighted by Crippen LogP contribution is 2.22. The largest absolute Gasteiger partial charge is 0.439 e. The van der Waals surface area contributed by atoms with Crippen molar-refractivity contribution in [1.29, 1.82) is 0 Å². The molecule has 0 aliphatic heterocycles. The Morgan fingerprint density at radius 1 is 1.23 bits per heavy atom. The molecule has 0 bridgehead atoms. The fraction of sp³-hybridized carbons (Fsp3) is 0.250. The SMILES string of the molecule is CC(C)[C@H](N)C(=O)Nc1ccc(Oc2ccc(Cl)cc2)nc1. The third-order valence-corrected chi connectivity index (χ3v) is 3.31. The molecule has 2 rings (SSSR count). The number of halogens is 1. The zero-order chi connectivity index (χ0) is 16.1. The molecule has 1 aromatic heterocycles. The average Bonchev–Trinajstić information content (AvgIpc) is 2.50. The number of hydrogen-bond acceptors (Lipinski definition) is 4. The van der Waals surface area contributed by atoms with Crippen LogP contribution >= 0.6 is 11.6 Å². The molecule has 0 aliphatic rings. The number of rotatable bonds is 5. The molecule has 5 nitrogen and oxygen atoms in total. The van der Waals surface area contributed by atoms with Crippen molar-refractivity contribution in [2.45, 2.75) is 19.9 Å². The quantitative estimate of drug-likeness (QED) is 0.885. The number of nitrogens with two attached hydrogens (primary N) is 1. The number of benzene rings is 1. The Morgan fingerprint density at radius 3 is 2.45 bits per heavy atom. The maximum Gasteiger partial charge on any atom is 0.241 e. The standard InChI is InChI=1S/C16H18ClN3O2/c1-10(2)15(18)16(21)20-12-5-8-14(19-9-12)22-13-6-3-11(17)4-7-13/h3-10,15H,18H2,1-2H3,(H,20,21)/t15-/m0/s1. The van der Waals surface area contributed by atoms with Crippen LogP contribution in [0.25, 0.3) is 0 Å². The number of anilines is 1. The lowest BCUT2D eigenvalue weighted by atomic mass is 10.1. The fourth-order valence-corrected chi connectivity index (χ4v) is 1.79. The maximum atomic E-state index is 11.9. The van der Waals surface area contributed by atoms with Gasteiger partial charge in [-0.1, -0.05) is 25.4 Å². The Hall–Kier alpha value is -2.11.